The minimum absolute atomic E-state index is 0.0267. The fourth-order valence-corrected chi connectivity index (χ4v) is 4.30. The van der Waals surface area contributed by atoms with E-state index >= 15 is 0 Å². The van der Waals surface area contributed by atoms with Crippen LogP contribution in [0.4, 0.5) is 22.0 Å². The number of benzene rings is 1. The number of halogens is 5. The molecule has 152 valence electrons. The van der Waals surface area contributed by atoms with E-state index in [9.17, 15) is 22.0 Å². The van der Waals surface area contributed by atoms with Crippen molar-refractivity contribution in [2.75, 3.05) is 0 Å². The van der Waals surface area contributed by atoms with E-state index in [4.69, 9.17) is 0 Å². The van der Waals surface area contributed by atoms with Crippen molar-refractivity contribution in [1.82, 2.24) is 0 Å². The van der Waals surface area contributed by atoms with Gasteiger partial charge in [-0.05, 0) is 61.5 Å². The Morgan fingerprint density at radius 1 is 0.852 bits per heavy atom. The molecule has 0 radical (unpaired) electrons. The van der Waals surface area contributed by atoms with Crippen LogP contribution in [0.3, 0.4) is 0 Å². The van der Waals surface area contributed by atoms with Crippen molar-refractivity contribution in [2.24, 2.45) is 17.8 Å². The third-order valence-corrected chi connectivity index (χ3v) is 5.91. The Kier molecular flexibility index (Phi) is 7.47. The van der Waals surface area contributed by atoms with Gasteiger partial charge in [0, 0.05) is 5.56 Å². The third-order valence-electron chi connectivity index (χ3n) is 5.91. The highest BCUT2D eigenvalue weighted by Gasteiger charge is 2.36. The van der Waals surface area contributed by atoms with Crippen LogP contribution in [0, 0.1) is 29.4 Å². The molecule has 1 atom stereocenters. The molecule has 0 aromatic heterocycles. The summed E-state index contributed by atoms with van der Waals surface area (Å²) in [7, 11) is 0. The van der Waals surface area contributed by atoms with Gasteiger partial charge in [0.2, 0.25) is 0 Å². The molecule has 3 rings (SSSR count). The van der Waals surface area contributed by atoms with Gasteiger partial charge in [-0.25, -0.2) is 8.78 Å². The first-order chi connectivity index (χ1) is 12.8. The van der Waals surface area contributed by atoms with Crippen LogP contribution in [0.5, 0.6) is 0 Å². The number of hydrogen-bond acceptors (Lipinski definition) is 0. The van der Waals surface area contributed by atoms with Gasteiger partial charge in [-0.3, -0.25) is 0 Å². The van der Waals surface area contributed by atoms with Crippen molar-refractivity contribution in [1.29, 1.82) is 0 Å². The summed E-state index contributed by atoms with van der Waals surface area (Å²) in [6.45, 7) is 6.27. The molecule has 0 aliphatic heterocycles. The molecule has 1 aromatic rings. The zero-order valence-electron chi connectivity index (χ0n) is 16.3. The van der Waals surface area contributed by atoms with Crippen LogP contribution in [-0.2, 0) is 6.18 Å². The topological polar surface area (TPSA) is 0 Å². The van der Waals surface area contributed by atoms with Gasteiger partial charge in [-0.15, -0.1) is 0 Å². The molecule has 27 heavy (non-hydrogen) atoms. The highest BCUT2D eigenvalue weighted by Crippen LogP contribution is 2.42. The summed E-state index contributed by atoms with van der Waals surface area (Å²) in [5.41, 5.74) is -0.939. The van der Waals surface area contributed by atoms with Crippen molar-refractivity contribution >= 4 is 5.57 Å². The van der Waals surface area contributed by atoms with E-state index in [1.165, 1.54) is 25.7 Å². The molecule has 0 bridgehead atoms. The van der Waals surface area contributed by atoms with E-state index in [1.807, 2.05) is 19.9 Å². The monoisotopic (exact) mass is 388 g/mol. The van der Waals surface area contributed by atoms with Crippen molar-refractivity contribution in [3.8, 4) is 0 Å². The lowest BCUT2D eigenvalue weighted by molar-refractivity contribution is -0.140. The molecule has 0 spiro atoms. The van der Waals surface area contributed by atoms with Crippen LogP contribution in [0.2, 0.25) is 0 Å². The third kappa shape index (κ3) is 5.11. The Hall–Kier alpha value is -1.39. The lowest BCUT2D eigenvalue weighted by atomic mass is 9.71. The molecule has 0 saturated heterocycles. The Morgan fingerprint density at radius 2 is 1.48 bits per heavy atom. The van der Waals surface area contributed by atoms with E-state index in [1.54, 1.807) is 0 Å². The fraction of sp³-hybridized carbons (Fsp3) is 0.636. The Morgan fingerprint density at radius 3 is 2.00 bits per heavy atom. The van der Waals surface area contributed by atoms with Gasteiger partial charge in [0.05, 0.1) is 5.56 Å². The van der Waals surface area contributed by atoms with Crippen LogP contribution in [0.25, 0.3) is 5.57 Å². The summed E-state index contributed by atoms with van der Waals surface area (Å²) >= 11 is 0. The highest BCUT2D eigenvalue weighted by atomic mass is 19.4. The number of alkyl halides is 3. The first-order valence-corrected chi connectivity index (χ1v) is 10.0. The summed E-state index contributed by atoms with van der Waals surface area (Å²) in [4.78, 5) is 0. The average Bonchev–Trinajstić information content (AvgIpc) is 2.65. The normalized spacial score (nSPS) is 26.1. The van der Waals surface area contributed by atoms with Crippen molar-refractivity contribution < 1.29 is 22.0 Å². The quantitative estimate of drug-likeness (QED) is 0.450. The molecule has 0 N–H and O–H groups in total. The smallest absolute Gasteiger partial charge is 0.203 e. The maximum Gasteiger partial charge on any atom is 0.419 e. The lowest BCUT2D eigenvalue weighted by Crippen LogP contribution is -2.22. The zero-order valence-corrected chi connectivity index (χ0v) is 16.3. The van der Waals surface area contributed by atoms with Crippen LogP contribution in [0.1, 0.15) is 76.8 Å². The standard InChI is InChI=1S/C20H23F5.C2H6/c1-12-2-4-13(5-3-12)14-6-8-15(9-7-14)16-10-11-17(20(23,24)25)19(22)18(16)21;1-2/h8,10-14H,2-7,9H2,1H3;1-2H3. The second-order valence-electron chi connectivity index (χ2n) is 7.57. The minimum Gasteiger partial charge on any atom is -0.203 e. The van der Waals surface area contributed by atoms with Crippen molar-refractivity contribution in [3.05, 3.63) is 41.0 Å². The number of allylic oxidation sites excluding steroid dienone is 2. The summed E-state index contributed by atoms with van der Waals surface area (Å²) in [5.74, 6) is -1.16. The average molecular weight is 388 g/mol. The maximum atomic E-state index is 14.2. The molecule has 1 saturated carbocycles. The molecule has 0 heterocycles. The predicted molar refractivity (Wildman–Crippen MR) is 99.1 cm³/mol. The molecule has 5 heteroatoms. The first kappa shape index (κ1) is 21.9. The minimum atomic E-state index is -4.88. The van der Waals surface area contributed by atoms with Crippen LogP contribution < -0.4 is 0 Å². The van der Waals surface area contributed by atoms with Gasteiger partial charge in [0.15, 0.2) is 11.6 Å². The summed E-state index contributed by atoms with van der Waals surface area (Å²) < 4.78 is 65.9. The van der Waals surface area contributed by atoms with Crippen LogP contribution in [0.15, 0.2) is 18.2 Å². The number of hydrogen-bond donors (Lipinski definition) is 0. The SMILES string of the molecule is CC.CC1CCC(C2CC=C(c3ccc(C(F)(F)F)c(F)c3F)CC2)CC1. The molecular formula is C22H29F5. The largest absolute Gasteiger partial charge is 0.419 e. The second kappa shape index (κ2) is 9.20. The predicted octanol–water partition coefficient (Wildman–Crippen LogP) is 8.02. The van der Waals surface area contributed by atoms with Crippen LogP contribution in [-0.4, -0.2) is 0 Å². The van der Waals surface area contributed by atoms with Gasteiger partial charge in [-0.2, -0.15) is 13.2 Å². The number of rotatable bonds is 2. The summed E-state index contributed by atoms with van der Waals surface area (Å²) in [6.07, 6.45) is 4.25. The molecule has 1 fully saturated rings. The van der Waals surface area contributed by atoms with E-state index < -0.39 is 23.4 Å². The molecule has 2 aliphatic rings. The molecule has 2 aliphatic carbocycles. The van der Waals surface area contributed by atoms with Gasteiger partial charge >= 0.3 is 6.18 Å². The Bertz CT molecular complexity index is 651. The summed E-state index contributed by atoms with van der Waals surface area (Å²) in [6, 6.07) is 1.71. The molecular weight excluding hydrogens is 359 g/mol. The Balaban J connectivity index is 0.00000126. The fourth-order valence-electron chi connectivity index (χ4n) is 4.30. The maximum absolute atomic E-state index is 14.2. The molecule has 1 unspecified atom stereocenters. The highest BCUT2D eigenvalue weighted by molar-refractivity contribution is 5.67. The van der Waals surface area contributed by atoms with E-state index in [0.717, 1.165) is 24.8 Å². The van der Waals surface area contributed by atoms with E-state index in [-0.39, 0.29) is 5.56 Å². The molecule has 0 nitrogen and oxygen atoms in total. The summed E-state index contributed by atoms with van der Waals surface area (Å²) in [5, 5.41) is 0. The molecule has 0 amide bonds. The van der Waals surface area contributed by atoms with E-state index in [2.05, 4.69) is 6.92 Å². The lowest BCUT2D eigenvalue weighted by Gasteiger charge is -2.34. The van der Waals surface area contributed by atoms with Crippen LogP contribution >= 0.6 is 0 Å². The van der Waals surface area contributed by atoms with Crippen molar-refractivity contribution in [3.63, 3.8) is 0 Å². The van der Waals surface area contributed by atoms with Gasteiger partial charge < -0.3 is 0 Å². The first-order valence-electron chi connectivity index (χ1n) is 10.0. The second-order valence-corrected chi connectivity index (χ2v) is 7.57. The van der Waals surface area contributed by atoms with Gasteiger partial charge in [0.1, 0.15) is 0 Å². The Labute approximate surface area is 158 Å². The van der Waals surface area contributed by atoms with E-state index in [0.29, 0.717) is 29.9 Å². The van der Waals surface area contributed by atoms with Gasteiger partial charge in [0.25, 0.3) is 0 Å². The van der Waals surface area contributed by atoms with Gasteiger partial charge in [-0.1, -0.05) is 45.8 Å². The molecule has 1 aromatic carbocycles. The van der Waals surface area contributed by atoms with Crippen molar-refractivity contribution in [2.45, 2.75) is 71.9 Å². The zero-order chi connectivity index (χ0) is 20.2.